The van der Waals surface area contributed by atoms with Crippen LogP contribution in [0.5, 0.6) is 5.75 Å². The lowest BCUT2D eigenvalue weighted by molar-refractivity contribution is 0.368. The van der Waals surface area contributed by atoms with E-state index in [9.17, 15) is 8.42 Å². The van der Waals surface area contributed by atoms with Crippen molar-refractivity contribution in [3.05, 3.63) is 24.3 Å². The van der Waals surface area contributed by atoms with Crippen LogP contribution in [0.25, 0.3) is 0 Å². The van der Waals surface area contributed by atoms with Crippen LogP contribution in [0.3, 0.4) is 0 Å². The molecular weight excluding hydrogens is 252 g/mol. The van der Waals surface area contributed by atoms with E-state index in [0.29, 0.717) is 18.8 Å². The third-order valence-corrected chi connectivity index (χ3v) is 4.45. The van der Waals surface area contributed by atoms with E-state index in [1.807, 2.05) is 29.2 Å². The molecule has 5 nitrogen and oxygen atoms in total. The number of benzene rings is 1. The van der Waals surface area contributed by atoms with Crippen molar-refractivity contribution in [3.63, 3.8) is 0 Å². The van der Waals surface area contributed by atoms with Crippen molar-refractivity contribution in [1.82, 2.24) is 0 Å². The van der Waals surface area contributed by atoms with Gasteiger partial charge in [0, 0.05) is 13.1 Å². The van der Waals surface area contributed by atoms with Crippen molar-refractivity contribution in [1.29, 1.82) is 5.26 Å². The highest BCUT2D eigenvalue weighted by Gasteiger charge is 2.23. The fourth-order valence-electron chi connectivity index (χ4n) is 1.90. The molecule has 0 bridgehead atoms. The van der Waals surface area contributed by atoms with Crippen molar-refractivity contribution in [2.24, 2.45) is 0 Å². The molecule has 1 fully saturated rings. The van der Waals surface area contributed by atoms with Crippen molar-refractivity contribution in [2.45, 2.75) is 0 Å². The summed E-state index contributed by atoms with van der Waals surface area (Å²) in [5.41, 5.74) is 0.850. The largest absolute Gasteiger partial charge is 0.477 e. The van der Waals surface area contributed by atoms with Crippen LogP contribution in [0.2, 0.25) is 0 Å². The van der Waals surface area contributed by atoms with Gasteiger partial charge < -0.3 is 9.64 Å². The predicted molar refractivity (Wildman–Crippen MR) is 68.4 cm³/mol. The van der Waals surface area contributed by atoms with Gasteiger partial charge in [0.05, 0.1) is 17.2 Å². The number of sulfone groups is 1. The predicted octanol–water partition coefficient (Wildman–Crippen LogP) is 0.824. The number of para-hydroxylation sites is 2. The van der Waals surface area contributed by atoms with Gasteiger partial charge in [-0.25, -0.2) is 8.42 Å². The van der Waals surface area contributed by atoms with E-state index in [1.165, 1.54) is 0 Å². The summed E-state index contributed by atoms with van der Waals surface area (Å²) in [6.45, 7) is 0.924. The van der Waals surface area contributed by atoms with Gasteiger partial charge in [-0.1, -0.05) is 12.1 Å². The monoisotopic (exact) mass is 266 g/mol. The number of ether oxygens (including phenoxy) is 1. The second-order valence-electron chi connectivity index (χ2n) is 4.05. The topological polar surface area (TPSA) is 70.4 Å². The summed E-state index contributed by atoms with van der Waals surface area (Å²) < 4.78 is 28.1. The Bertz CT molecular complexity index is 549. The average molecular weight is 266 g/mol. The Labute approximate surface area is 107 Å². The molecule has 96 valence electrons. The Kier molecular flexibility index (Phi) is 3.72. The summed E-state index contributed by atoms with van der Waals surface area (Å²) in [4.78, 5) is 1.98. The molecule has 2 rings (SSSR count). The van der Waals surface area contributed by atoms with Crippen LogP contribution in [0.4, 0.5) is 5.69 Å². The number of rotatable bonds is 3. The van der Waals surface area contributed by atoms with Crippen molar-refractivity contribution in [3.8, 4) is 11.8 Å². The number of anilines is 1. The van der Waals surface area contributed by atoms with Gasteiger partial charge >= 0.3 is 0 Å². The molecule has 1 heterocycles. The Balaban J connectivity index is 2.16. The maximum absolute atomic E-state index is 11.4. The summed E-state index contributed by atoms with van der Waals surface area (Å²) in [5.74, 6) is 0.956. The number of hydrogen-bond donors (Lipinski definition) is 0. The van der Waals surface area contributed by atoms with Crippen LogP contribution in [0, 0.1) is 11.3 Å². The number of nitrogens with zero attached hydrogens (tertiary/aromatic N) is 2. The van der Waals surface area contributed by atoms with Gasteiger partial charge in [-0.05, 0) is 12.1 Å². The van der Waals surface area contributed by atoms with E-state index in [-0.39, 0.29) is 18.1 Å². The molecule has 6 heteroatoms. The summed E-state index contributed by atoms with van der Waals surface area (Å²) in [5, 5.41) is 8.53. The van der Waals surface area contributed by atoms with Crippen LogP contribution in [-0.4, -0.2) is 39.6 Å². The second kappa shape index (κ2) is 5.27. The van der Waals surface area contributed by atoms with E-state index in [4.69, 9.17) is 10.00 Å². The smallest absolute Gasteiger partial charge is 0.174 e. The highest BCUT2D eigenvalue weighted by molar-refractivity contribution is 7.91. The Morgan fingerprint density at radius 2 is 1.94 bits per heavy atom. The molecule has 0 aromatic heterocycles. The highest BCUT2D eigenvalue weighted by atomic mass is 32.2. The Hall–Kier alpha value is -1.74. The van der Waals surface area contributed by atoms with Crippen LogP contribution >= 0.6 is 0 Å². The average Bonchev–Trinajstić information content (AvgIpc) is 2.37. The molecule has 0 N–H and O–H groups in total. The van der Waals surface area contributed by atoms with Crippen LogP contribution in [0.15, 0.2) is 24.3 Å². The molecular formula is C12H14N2O3S. The minimum atomic E-state index is -2.89. The lowest BCUT2D eigenvalue weighted by atomic mass is 10.2. The Morgan fingerprint density at radius 1 is 1.28 bits per heavy atom. The maximum atomic E-state index is 11.4. The lowest BCUT2D eigenvalue weighted by Crippen LogP contribution is -2.40. The third kappa shape index (κ3) is 2.93. The van der Waals surface area contributed by atoms with Gasteiger partial charge in [0.15, 0.2) is 16.4 Å². The summed E-state index contributed by atoms with van der Waals surface area (Å²) in [6, 6.07) is 9.29. The first kappa shape index (κ1) is 12.7. The first-order valence-corrected chi connectivity index (χ1v) is 7.49. The SMILES string of the molecule is N#CCOc1ccccc1N1CCS(=O)(=O)CC1. The first-order chi connectivity index (χ1) is 8.62. The van der Waals surface area contributed by atoms with E-state index < -0.39 is 9.84 Å². The summed E-state index contributed by atoms with van der Waals surface area (Å²) >= 11 is 0. The second-order valence-corrected chi connectivity index (χ2v) is 6.36. The van der Waals surface area contributed by atoms with Crippen LogP contribution < -0.4 is 9.64 Å². The molecule has 0 aliphatic carbocycles. The van der Waals surface area contributed by atoms with E-state index in [0.717, 1.165) is 5.69 Å². The van der Waals surface area contributed by atoms with Gasteiger partial charge in [0.1, 0.15) is 11.8 Å². The van der Waals surface area contributed by atoms with Gasteiger partial charge in [0.2, 0.25) is 0 Å². The number of nitriles is 1. The standard InChI is InChI=1S/C12H14N2O3S/c13-5-8-17-12-4-2-1-3-11(12)14-6-9-18(15,16)10-7-14/h1-4H,6-10H2. The summed E-state index contributed by atoms with van der Waals surface area (Å²) in [6.07, 6.45) is 0. The zero-order valence-corrected chi connectivity index (χ0v) is 10.7. The fraction of sp³-hybridized carbons (Fsp3) is 0.417. The molecule has 1 aliphatic heterocycles. The van der Waals surface area contributed by atoms with Crippen LogP contribution in [0.1, 0.15) is 0 Å². The van der Waals surface area contributed by atoms with Crippen LogP contribution in [-0.2, 0) is 9.84 Å². The molecule has 1 saturated heterocycles. The van der Waals surface area contributed by atoms with Gasteiger partial charge in [-0.15, -0.1) is 0 Å². The molecule has 1 aromatic rings. The molecule has 0 radical (unpaired) electrons. The molecule has 0 atom stereocenters. The number of hydrogen-bond acceptors (Lipinski definition) is 5. The zero-order valence-electron chi connectivity index (χ0n) is 9.87. The quantitative estimate of drug-likeness (QED) is 0.810. The highest BCUT2D eigenvalue weighted by Crippen LogP contribution is 2.28. The van der Waals surface area contributed by atoms with Gasteiger partial charge in [-0.3, -0.25) is 0 Å². The molecule has 0 saturated carbocycles. The molecule has 0 unspecified atom stereocenters. The Morgan fingerprint density at radius 3 is 2.61 bits per heavy atom. The lowest BCUT2D eigenvalue weighted by Gasteiger charge is -2.29. The molecule has 0 amide bonds. The van der Waals surface area contributed by atoms with Gasteiger partial charge in [0.25, 0.3) is 0 Å². The van der Waals surface area contributed by atoms with Crippen molar-refractivity contribution >= 4 is 15.5 Å². The normalized spacial score (nSPS) is 18.1. The molecule has 1 aliphatic rings. The molecule has 0 spiro atoms. The summed E-state index contributed by atoms with van der Waals surface area (Å²) in [7, 11) is -2.89. The minimum absolute atomic E-state index is 0.0108. The minimum Gasteiger partial charge on any atom is -0.477 e. The van der Waals surface area contributed by atoms with E-state index in [2.05, 4.69) is 0 Å². The van der Waals surface area contributed by atoms with E-state index in [1.54, 1.807) is 6.07 Å². The van der Waals surface area contributed by atoms with Crippen molar-refractivity contribution < 1.29 is 13.2 Å². The molecule has 1 aromatic carbocycles. The van der Waals surface area contributed by atoms with E-state index >= 15 is 0 Å². The first-order valence-electron chi connectivity index (χ1n) is 5.66. The fourth-order valence-corrected chi connectivity index (χ4v) is 3.11. The molecule has 18 heavy (non-hydrogen) atoms. The maximum Gasteiger partial charge on any atom is 0.174 e. The zero-order chi connectivity index (χ0) is 13.0. The van der Waals surface area contributed by atoms with Gasteiger partial charge in [-0.2, -0.15) is 5.26 Å². The van der Waals surface area contributed by atoms with Crippen molar-refractivity contribution in [2.75, 3.05) is 36.1 Å². The third-order valence-electron chi connectivity index (χ3n) is 2.84.